The number of imidazole rings is 2. The summed E-state index contributed by atoms with van der Waals surface area (Å²) in [6, 6.07) is 0.180. The first-order valence-corrected chi connectivity index (χ1v) is 5.76. The summed E-state index contributed by atoms with van der Waals surface area (Å²) in [5, 5.41) is 4.20. The second-order valence-corrected chi connectivity index (χ2v) is 4.25. The van der Waals surface area contributed by atoms with Crippen molar-refractivity contribution >= 4 is 0 Å². The molecule has 0 radical (unpaired) electrons. The van der Waals surface area contributed by atoms with E-state index < -0.39 is 0 Å². The Morgan fingerprint density at radius 2 is 2.22 bits per heavy atom. The fourth-order valence-corrected chi connectivity index (χ4v) is 2.03. The van der Waals surface area contributed by atoms with Crippen molar-refractivity contribution in [3.05, 3.63) is 42.9 Å². The molecule has 0 aromatic carbocycles. The molecule has 18 heavy (non-hydrogen) atoms. The second kappa shape index (κ2) is 4.14. The van der Waals surface area contributed by atoms with E-state index >= 15 is 0 Å². The highest BCUT2D eigenvalue weighted by Gasteiger charge is 2.15. The highest BCUT2D eigenvalue weighted by Crippen LogP contribution is 2.23. The van der Waals surface area contributed by atoms with Gasteiger partial charge in [0.2, 0.25) is 0 Å². The van der Waals surface area contributed by atoms with Crippen LogP contribution in [0.15, 0.2) is 37.3 Å². The maximum Gasteiger partial charge on any atom is 0.158 e. The van der Waals surface area contributed by atoms with Crippen LogP contribution in [0.4, 0.5) is 0 Å². The molecular formula is C12H14N6. The standard InChI is InChI=1S/C12H14N6/c1-9(10-5-16-17(2)7-10)18-4-3-14-12(18)11-6-13-8-15-11/h3-9H,1-2H3,(H,13,15). The third-order valence-corrected chi connectivity index (χ3v) is 3.03. The van der Waals surface area contributed by atoms with Crippen LogP contribution in [0, 0.1) is 0 Å². The van der Waals surface area contributed by atoms with Gasteiger partial charge in [-0.3, -0.25) is 4.68 Å². The fraction of sp³-hybridized carbons (Fsp3) is 0.250. The van der Waals surface area contributed by atoms with Crippen LogP contribution in [0.25, 0.3) is 11.5 Å². The molecule has 3 heterocycles. The van der Waals surface area contributed by atoms with E-state index in [1.165, 1.54) is 0 Å². The van der Waals surface area contributed by atoms with Gasteiger partial charge >= 0.3 is 0 Å². The van der Waals surface area contributed by atoms with Crippen molar-refractivity contribution in [1.82, 2.24) is 29.3 Å². The van der Waals surface area contributed by atoms with Crippen LogP contribution in [-0.4, -0.2) is 29.3 Å². The number of H-pyrrole nitrogens is 1. The molecule has 3 rings (SSSR count). The zero-order chi connectivity index (χ0) is 12.5. The molecule has 6 heteroatoms. The summed E-state index contributed by atoms with van der Waals surface area (Å²) in [6.45, 7) is 2.12. The molecule has 0 bridgehead atoms. The first-order valence-electron chi connectivity index (χ1n) is 5.76. The van der Waals surface area contributed by atoms with Crippen LogP contribution in [0.5, 0.6) is 0 Å². The highest BCUT2D eigenvalue weighted by molar-refractivity contribution is 5.48. The third kappa shape index (κ3) is 1.71. The number of aryl methyl sites for hydroxylation is 1. The normalized spacial score (nSPS) is 12.8. The molecule has 0 saturated heterocycles. The molecule has 1 N–H and O–H groups in total. The van der Waals surface area contributed by atoms with Gasteiger partial charge in [-0.05, 0) is 6.92 Å². The topological polar surface area (TPSA) is 64.3 Å². The number of hydrogen-bond acceptors (Lipinski definition) is 3. The minimum Gasteiger partial charge on any atom is -0.342 e. The van der Waals surface area contributed by atoms with Crippen LogP contribution >= 0.6 is 0 Å². The Morgan fingerprint density at radius 1 is 1.33 bits per heavy atom. The van der Waals surface area contributed by atoms with Crippen LogP contribution in [0.2, 0.25) is 0 Å². The molecule has 0 aliphatic rings. The maximum atomic E-state index is 4.38. The van der Waals surface area contributed by atoms with Gasteiger partial charge in [0.15, 0.2) is 5.82 Å². The summed E-state index contributed by atoms with van der Waals surface area (Å²) in [7, 11) is 1.92. The molecule has 0 aliphatic carbocycles. The molecule has 3 aromatic rings. The molecular weight excluding hydrogens is 228 g/mol. The average molecular weight is 242 g/mol. The molecule has 0 aliphatic heterocycles. The Morgan fingerprint density at radius 3 is 2.89 bits per heavy atom. The average Bonchev–Trinajstić information content (AvgIpc) is 3.08. The van der Waals surface area contributed by atoms with E-state index in [0.717, 1.165) is 17.1 Å². The molecule has 3 aromatic heterocycles. The van der Waals surface area contributed by atoms with Crippen LogP contribution < -0.4 is 0 Å². The van der Waals surface area contributed by atoms with Gasteiger partial charge in [0.05, 0.1) is 24.8 Å². The summed E-state index contributed by atoms with van der Waals surface area (Å²) >= 11 is 0. The minimum atomic E-state index is 0.180. The van der Waals surface area contributed by atoms with Crippen molar-refractivity contribution in [3.63, 3.8) is 0 Å². The largest absolute Gasteiger partial charge is 0.342 e. The smallest absolute Gasteiger partial charge is 0.158 e. The lowest BCUT2D eigenvalue weighted by Gasteiger charge is -2.14. The van der Waals surface area contributed by atoms with E-state index in [2.05, 4.69) is 31.5 Å². The van der Waals surface area contributed by atoms with Crippen molar-refractivity contribution in [2.45, 2.75) is 13.0 Å². The molecule has 0 saturated carbocycles. The third-order valence-electron chi connectivity index (χ3n) is 3.03. The van der Waals surface area contributed by atoms with Gasteiger partial charge < -0.3 is 9.55 Å². The van der Waals surface area contributed by atoms with Crippen molar-refractivity contribution in [1.29, 1.82) is 0 Å². The molecule has 1 atom stereocenters. The lowest BCUT2D eigenvalue weighted by atomic mass is 10.2. The summed E-state index contributed by atoms with van der Waals surface area (Å²) in [4.78, 5) is 11.5. The number of hydrogen-bond donors (Lipinski definition) is 1. The summed E-state index contributed by atoms with van der Waals surface area (Å²) in [6.07, 6.45) is 11.1. The fourth-order valence-electron chi connectivity index (χ4n) is 2.03. The number of rotatable bonds is 3. The van der Waals surface area contributed by atoms with E-state index in [4.69, 9.17) is 0 Å². The van der Waals surface area contributed by atoms with Gasteiger partial charge in [-0.15, -0.1) is 0 Å². The van der Waals surface area contributed by atoms with Gasteiger partial charge in [-0.25, -0.2) is 9.97 Å². The van der Waals surface area contributed by atoms with Crippen molar-refractivity contribution in [2.75, 3.05) is 0 Å². The Hall–Kier alpha value is -2.37. The first-order chi connectivity index (χ1) is 8.75. The number of nitrogens with zero attached hydrogens (tertiary/aromatic N) is 5. The van der Waals surface area contributed by atoms with Crippen molar-refractivity contribution in [3.8, 4) is 11.5 Å². The van der Waals surface area contributed by atoms with Crippen LogP contribution in [-0.2, 0) is 7.05 Å². The van der Waals surface area contributed by atoms with Crippen molar-refractivity contribution < 1.29 is 0 Å². The Labute approximate surface area is 104 Å². The van der Waals surface area contributed by atoms with E-state index in [9.17, 15) is 0 Å². The van der Waals surface area contributed by atoms with Gasteiger partial charge in [0, 0.05) is 31.2 Å². The lowest BCUT2D eigenvalue weighted by molar-refractivity contribution is 0.643. The Balaban J connectivity index is 2.00. The van der Waals surface area contributed by atoms with Gasteiger partial charge in [-0.1, -0.05) is 0 Å². The SMILES string of the molecule is CC(c1cnn(C)c1)n1ccnc1-c1cnc[nH]1. The molecule has 6 nitrogen and oxygen atoms in total. The molecule has 0 spiro atoms. The van der Waals surface area contributed by atoms with Gasteiger partial charge in [0.1, 0.15) is 5.69 Å². The van der Waals surface area contributed by atoms with Crippen LogP contribution in [0.3, 0.4) is 0 Å². The molecule has 0 amide bonds. The van der Waals surface area contributed by atoms with Gasteiger partial charge in [0.25, 0.3) is 0 Å². The van der Waals surface area contributed by atoms with E-state index in [0.29, 0.717) is 0 Å². The van der Waals surface area contributed by atoms with Crippen molar-refractivity contribution in [2.24, 2.45) is 7.05 Å². The minimum absolute atomic E-state index is 0.180. The summed E-state index contributed by atoms with van der Waals surface area (Å²) in [5.74, 6) is 0.879. The summed E-state index contributed by atoms with van der Waals surface area (Å²) < 4.78 is 3.91. The monoisotopic (exact) mass is 242 g/mol. The number of aromatic nitrogens is 6. The number of aromatic amines is 1. The van der Waals surface area contributed by atoms with E-state index in [1.807, 2.05) is 25.6 Å². The van der Waals surface area contributed by atoms with Gasteiger partial charge in [-0.2, -0.15) is 5.10 Å². The predicted molar refractivity (Wildman–Crippen MR) is 66.8 cm³/mol. The zero-order valence-electron chi connectivity index (χ0n) is 10.3. The summed E-state index contributed by atoms with van der Waals surface area (Å²) in [5.41, 5.74) is 2.06. The quantitative estimate of drug-likeness (QED) is 0.759. The Bertz CT molecular complexity index is 633. The van der Waals surface area contributed by atoms with E-state index in [1.54, 1.807) is 23.4 Å². The first kappa shape index (κ1) is 10.8. The van der Waals surface area contributed by atoms with Crippen LogP contribution in [0.1, 0.15) is 18.5 Å². The molecule has 92 valence electrons. The molecule has 1 unspecified atom stereocenters. The Kier molecular flexibility index (Phi) is 2.47. The number of nitrogens with one attached hydrogen (secondary N) is 1. The zero-order valence-corrected chi connectivity index (χ0v) is 10.3. The second-order valence-electron chi connectivity index (χ2n) is 4.25. The predicted octanol–water partition coefficient (Wildman–Crippen LogP) is 1.62. The maximum absolute atomic E-state index is 4.38. The molecule has 0 fully saturated rings. The van der Waals surface area contributed by atoms with E-state index in [-0.39, 0.29) is 6.04 Å². The lowest BCUT2D eigenvalue weighted by Crippen LogP contribution is -2.07. The highest BCUT2D eigenvalue weighted by atomic mass is 15.2.